The van der Waals surface area contributed by atoms with Crippen molar-refractivity contribution in [1.29, 1.82) is 0 Å². The molecule has 36 heavy (non-hydrogen) atoms. The van der Waals surface area contributed by atoms with E-state index in [-0.39, 0.29) is 30.0 Å². The van der Waals surface area contributed by atoms with Gasteiger partial charge in [0.05, 0.1) is 5.75 Å². The summed E-state index contributed by atoms with van der Waals surface area (Å²) in [6.07, 6.45) is 0.365. The van der Waals surface area contributed by atoms with E-state index in [0.717, 1.165) is 10.5 Å². The van der Waals surface area contributed by atoms with Crippen molar-refractivity contribution in [3.63, 3.8) is 0 Å². The van der Waals surface area contributed by atoms with E-state index >= 15 is 0 Å². The van der Waals surface area contributed by atoms with Gasteiger partial charge in [-0.1, -0.05) is 85.0 Å². The highest BCUT2D eigenvalue weighted by Gasteiger charge is 2.31. The maximum Gasteiger partial charge on any atom is 0.243 e. The number of halogens is 3. The standard InChI is InChI=1S/C28H29Cl3N2O2S/c1-19(2)16-32-28(35)26(15-20-7-4-3-5-8-20)33(17-23-24(30)9-6-10-25(23)31)27(34)18-36-22-13-11-21(29)12-14-22/h3-14,19,26H,15-18H2,1-2H3,(H,32,35)/t26-/m1/s1. The molecule has 0 aliphatic heterocycles. The Balaban J connectivity index is 1.94. The summed E-state index contributed by atoms with van der Waals surface area (Å²) in [6.45, 7) is 4.69. The van der Waals surface area contributed by atoms with Gasteiger partial charge in [0.2, 0.25) is 11.8 Å². The second-order valence-corrected chi connectivity index (χ2v) is 11.1. The number of carbonyl (C=O) groups is 2. The molecule has 2 amide bonds. The van der Waals surface area contributed by atoms with E-state index in [9.17, 15) is 9.59 Å². The predicted molar refractivity (Wildman–Crippen MR) is 151 cm³/mol. The van der Waals surface area contributed by atoms with Crippen LogP contribution in [0.1, 0.15) is 25.0 Å². The van der Waals surface area contributed by atoms with Crippen molar-refractivity contribution in [3.8, 4) is 0 Å². The lowest BCUT2D eigenvalue weighted by Crippen LogP contribution is -2.51. The van der Waals surface area contributed by atoms with Crippen LogP contribution < -0.4 is 5.32 Å². The molecule has 0 fully saturated rings. The van der Waals surface area contributed by atoms with Gasteiger partial charge in [0.25, 0.3) is 0 Å². The highest BCUT2D eigenvalue weighted by atomic mass is 35.5. The first-order chi connectivity index (χ1) is 17.2. The van der Waals surface area contributed by atoms with Crippen molar-refractivity contribution in [3.05, 3.63) is 99.0 Å². The molecule has 3 rings (SSSR count). The first kappa shape index (κ1) is 28.4. The molecule has 0 aliphatic carbocycles. The van der Waals surface area contributed by atoms with E-state index in [1.165, 1.54) is 11.8 Å². The van der Waals surface area contributed by atoms with Crippen LogP contribution in [-0.2, 0) is 22.6 Å². The Bertz CT molecular complexity index is 1140. The van der Waals surface area contributed by atoms with Crippen molar-refractivity contribution in [1.82, 2.24) is 10.2 Å². The van der Waals surface area contributed by atoms with Crippen LogP contribution in [0.3, 0.4) is 0 Å². The molecule has 8 heteroatoms. The summed E-state index contributed by atoms with van der Waals surface area (Å²) in [6, 6.07) is 21.5. The van der Waals surface area contributed by atoms with Crippen LogP contribution in [0.5, 0.6) is 0 Å². The zero-order valence-corrected chi connectivity index (χ0v) is 23.3. The van der Waals surface area contributed by atoms with Crippen LogP contribution in [0.15, 0.2) is 77.7 Å². The highest BCUT2D eigenvalue weighted by molar-refractivity contribution is 8.00. The maximum absolute atomic E-state index is 13.7. The number of benzene rings is 3. The molecule has 0 saturated carbocycles. The van der Waals surface area contributed by atoms with Gasteiger partial charge >= 0.3 is 0 Å². The van der Waals surface area contributed by atoms with Crippen molar-refractivity contribution in [2.75, 3.05) is 12.3 Å². The number of thioether (sulfide) groups is 1. The van der Waals surface area contributed by atoms with Gasteiger partial charge in [0, 0.05) is 45.0 Å². The molecule has 0 heterocycles. The third-order valence-corrected chi connectivity index (χ3v) is 7.48. The zero-order valence-electron chi connectivity index (χ0n) is 20.2. The number of hydrogen-bond donors (Lipinski definition) is 1. The lowest BCUT2D eigenvalue weighted by Gasteiger charge is -2.32. The van der Waals surface area contributed by atoms with Gasteiger partial charge in [-0.25, -0.2) is 0 Å². The Kier molecular flexibility index (Phi) is 11.0. The third kappa shape index (κ3) is 8.45. The van der Waals surface area contributed by atoms with Crippen molar-refractivity contribution >= 4 is 58.4 Å². The molecule has 0 radical (unpaired) electrons. The normalized spacial score (nSPS) is 11.8. The smallest absolute Gasteiger partial charge is 0.243 e. The Hall–Kier alpha value is -2.18. The van der Waals surface area contributed by atoms with Crippen LogP contribution >= 0.6 is 46.6 Å². The van der Waals surface area contributed by atoms with Crippen LogP contribution in [0.4, 0.5) is 0 Å². The number of rotatable bonds is 11. The minimum atomic E-state index is -0.739. The maximum atomic E-state index is 13.7. The summed E-state index contributed by atoms with van der Waals surface area (Å²) < 4.78 is 0. The van der Waals surface area contributed by atoms with E-state index in [1.807, 2.05) is 56.3 Å². The van der Waals surface area contributed by atoms with Crippen LogP contribution in [0, 0.1) is 5.92 Å². The molecule has 1 N–H and O–H groups in total. The predicted octanol–water partition coefficient (Wildman–Crippen LogP) is 7.15. The summed E-state index contributed by atoms with van der Waals surface area (Å²) in [4.78, 5) is 29.7. The Morgan fingerprint density at radius 3 is 2.14 bits per heavy atom. The molecule has 0 saturated heterocycles. The highest BCUT2D eigenvalue weighted by Crippen LogP contribution is 2.28. The quantitative estimate of drug-likeness (QED) is 0.252. The average molecular weight is 564 g/mol. The average Bonchev–Trinajstić information content (AvgIpc) is 2.86. The lowest BCUT2D eigenvalue weighted by molar-refractivity contribution is -0.139. The summed E-state index contributed by atoms with van der Waals surface area (Å²) in [5.74, 6) is 0.0213. The fourth-order valence-electron chi connectivity index (χ4n) is 3.59. The van der Waals surface area contributed by atoms with Crippen LogP contribution in [0.25, 0.3) is 0 Å². The van der Waals surface area contributed by atoms with Gasteiger partial charge in [-0.3, -0.25) is 9.59 Å². The molecule has 0 aliphatic rings. The van der Waals surface area contributed by atoms with E-state index in [2.05, 4.69) is 5.32 Å². The zero-order chi connectivity index (χ0) is 26.1. The van der Waals surface area contributed by atoms with E-state index < -0.39 is 6.04 Å². The summed E-state index contributed by atoms with van der Waals surface area (Å²) in [7, 11) is 0. The largest absolute Gasteiger partial charge is 0.354 e. The SMILES string of the molecule is CC(C)CNC(=O)[C@@H](Cc1ccccc1)N(Cc1c(Cl)cccc1Cl)C(=O)CSc1ccc(Cl)cc1. The molecule has 1 atom stereocenters. The van der Waals surface area contributed by atoms with Crippen LogP contribution in [-0.4, -0.2) is 35.1 Å². The van der Waals surface area contributed by atoms with Gasteiger partial charge in [0.15, 0.2) is 0 Å². The van der Waals surface area contributed by atoms with Crippen LogP contribution in [0.2, 0.25) is 15.1 Å². The Morgan fingerprint density at radius 2 is 1.53 bits per heavy atom. The molecule has 190 valence electrons. The summed E-state index contributed by atoms with van der Waals surface area (Å²) in [5, 5.41) is 4.54. The fraction of sp³-hybridized carbons (Fsp3) is 0.286. The Morgan fingerprint density at radius 1 is 0.889 bits per heavy atom. The molecule has 0 spiro atoms. The topological polar surface area (TPSA) is 49.4 Å². The lowest BCUT2D eigenvalue weighted by atomic mass is 10.0. The minimum Gasteiger partial charge on any atom is -0.354 e. The van der Waals surface area contributed by atoms with Crippen molar-refractivity contribution < 1.29 is 9.59 Å². The first-order valence-electron chi connectivity index (χ1n) is 11.7. The molecule has 3 aromatic carbocycles. The number of hydrogen-bond acceptors (Lipinski definition) is 3. The number of amides is 2. The molecule has 0 aromatic heterocycles. The van der Waals surface area contributed by atoms with Gasteiger partial charge in [-0.05, 0) is 47.9 Å². The second kappa shape index (κ2) is 13.9. The molecular weight excluding hydrogens is 535 g/mol. The molecular formula is C28H29Cl3N2O2S. The second-order valence-electron chi connectivity index (χ2n) is 8.81. The number of carbonyl (C=O) groups excluding carboxylic acids is 2. The summed E-state index contributed by atoms with van der Waals surface area (Å²) >= 11 is 20.3. The van der Waals surface area contributed by atoms with Gasteiger partial charge in [-0.2, -0.15) is 0 Å². The molecule has 3 aromatic rings. The molecule has 0 bridgehead atoms. The number of nitrogens with one attached hydrogen (secondary N) is 1. The summed E-state index contributed by atoms with van der Waals surface area (Å²) in [5.41, 5.74) is 1.57. The molecule has 4 nitrogen and oxygen atoms in total. The third-order valence-electron chi connectivity index (χ3n) is 5.52. The van der Waals surface area contributed by atoms with E-state index in [0.29, 0.717) is 33.6 Å². The minimum absolute atomic E-state index is 0.116. The fourth-order valence-corrected chi connectivity index (χ4v) is 5.02. The molecule has 0 unspecified atom stereocenters. The van der Waals surface area contributed by atoms with Gasteiger partial charge in [-0.15, -0.1) is 11.8 Å². The monoisotopic (exact) mass is 562 g/mol. The van der Waals surface area contributed by atoms with E-state index in [1.54, 1.807) is 35.2 Å². The van der Waals surface area contributed by atoms with Crippen molar-refractivity contribution in [2.45, 2.75) is 37.8 Å². The number of nitrogens with zero attached hydrogens (tertiary/aromatic N) is 1. The van der Waals surface area contributed by atoms with Gasteiger partial charge in [0.1, 0.15) is 6.04 Å². The van der Waals surface area contributed by atoms with Crippen molar-refractivity contribution in [2.24, 2.45) is 5.92 Å². The van der Waals surface area contributed by atoms with Gasteiger partial charge < -0.3 is 10.2 Å². The van der Waals surface area contributed by atoms with E-state index in [4.69, 9.17) is 34.8 Å². The first-order valence-corrected chi connectivity index (χ1v) is 13.8. The Labute approximate surface area is 232 Å².